The minimum Gasteiger partial charge on any atom is -0.494 e. The van der Waals surface area contributed by atoms with Crippen LogP contribution >= 0.6 is 0 Å². The lowest BCUT2D eigenvalue weighted by Crippen LogP contribution is -2.14. The Hall–Kier alpha value is -2.36. The maximum Gasteiger partial charge on any atom is 0.121 e. The molecule has 2 rings (SSSR count). The number of hydrogen-bond donors (Lipinski definition) is 2. The summed E-state index contributed by atoms with van der Waals surface area (Å²) >= 11 is 0. The molecule has 2 aromatic carbocycles. The lowest BCUT2D eigenvalue weighted by Gasteiger charge is -2.13. The van der Waals surface area contributed by atoms with E-state index in [0.29, 0.717) is 0 Å². The highest BCUT2D eigenvalue weighted by molar-refractivity contribution is 5.50. The minimum atomic E-state index is 0.184. The average Bonchev–Trinajstić information content (AvgIpc) is 2.57. The smallest absolute Gasteiger partial charge is 0.121 e. The molecule has 0 saturated heterocycles. The van der Waals surface area contributed by atoms with Gasteiger partial charge in [-0.15, -0.1) is 0 Å². The van der Waals surface area contributed by atoms with Crippen LogP contribution in [0.3, 0.4) is 0 Å². The number of ether oxygens (including phenoxy) is 2. The quantitative estimate of drug-likeness (QED) is 0.616. The van der Waals surface area contributed by atoms with Crippen molar-refractivity contribution in [2.75, 3.05) is 30.3 Å². The summed E-state index contributed by atoms with van der Waals surface area (Å²) in [7, 11) is 0. The molecule has 0 saturated carbocycles. The summed E-state index contributed by atoms with van der Waals surface area (Å²) in [6, 6.07) is 16.1. The number of benzene rings is 2. The van der Waals surface area contributed by atoms with E-state index in [1.54, 1.807) is 0 Å². The van der Waals surface area contributed by atoms with Crippen LogP contribution < -0.4 is 20.1 Å². The van der Waals surface area contributed by atoms with Crippen molar-refractivity contribution in [1.82, 2.24) is 0 Å². The maximum absolute atomic E-state index is 5.71. The number of nitrogens with one attached hydrogen (secondary N) is 2. The summed E-state index contributed by atoms with van der Waals surface area (Å²) in [5.74, 6) is 1.80. The molecule has 2 N–H and O–H groups in total. The van der Waals surface area contributed by atoms with E-state index in [4.69, 9.17) is 9.47 Å². The van der Waals surface area contributed by atoms with Crippen LogP contribution in [-0.4, -0.2) is 25.8 Å². The Morgan fingerprint density at radius 1 is 0.875 bits per heavy atom. The van der Waals surface area contributed by atoms with Crippen molar-refractivity contribution in [2.24, 2.45) is 0 Å². The van der Waals surface area contributed by atoms with E-state index in [9.17, 15) is 0 Å². The fourth-order valence-corrected chi connectivity index (χ4v) is 2.28. The van der Waals surface area contributed by atoms with Crippen molar-refractivity contribution in [1.29, 1.82) is 0 Å². The van der Waals surface area contributed by atoms with Crippen LogP contribution in [0.1, 0.15) is 27.2 Å². The van der Waals surface area contributed by atoms with Crippen molar-refractivity contribution >= 4 is 11.4 Å². The first-order valence-electron chi connectivity index (χ1n) is 8.64. The molecule has 130 valence electrons. The second kappa shape index (κ2) is 9.71. The van der Waals surface area contributed by atoms with Gasteiger partial charge in [0, 0.05) is 36.6 Å². The van der Waals surface area contributed by atoms with Crippen molar-refractivity contribution < 1.29 is 9.47 Å². The van der Waals surface area contributed by atoms with Gasteiger partial charge in [-0.3, -0.25) is 0 Å². The summed E-state index contributed by atoms with van der Waals surface area (Å²) in [4.78, 5) is 0. The zero-order valence-corrected chi connectivity index (χ0v) is 14.8. The molecule has 4 nitrogen and oxygen atoms in total. The van der Waals surface area contributed by atoms with Crippen molar-refractivity contribution in [3.8, 4) is 11.5 Å². The average molecular weight is 328 g/mol. The predicted octanol–water partition coefficient (Wildman–Crippen LogP) is 4.79. The van der Waals surface area contributed by atoms with E-state index >= 15 is 0 Å². The first-order chi connectivity index (χ1) is 11.7. The van der Waals surface area contributed by atoms with Gasteiger partial charge < -0.3 is 20.1 Å². The first kappa shape index (κ1) is 18.0. The molecule has 0 unspecified atom stereocenters. The zero-order chi connectivity index (χ0) is 17.2. The summed E-state index contributed by atoms with van der Waals surface area (Å²) in [5, 5.41) is 6.81. The summed E-state index contributed by atoms with van der Waals surface area (Å²) in [6.45, 7) is 8.57. The summed E-state index contributed by atoms with van der Waals surface area (Å²) < 4.78 is 11.4. The third-order valence-electron chi connectivity index (χ3n) is 3.30. The van der Waals surface area contributed by atoms with E-state index in [-0.39, 0.29) is 6.10 Å². The van der Waals surface area contributed by atoms with Crippen molar-refractivity contribution in [3.63, 3.8) is 0 Å². The van der Waals surface area contributed by atoms with E-state index in [0.717, 1.165) is 49.0 Å². The Labute approximate surface area is 145 Å². The highest BCUT2D eigenvalue weighted by atomic mass is 16.5. The van der Waals surface area contributed by atoms with E-state index < -0.39 is 0 Å². The van der Waals surface area contributed by atoms with Crippen LogP contribution in [-0.2, 0) is 0 Å². The zero-order valence-electron chi connectivity index (χ0n) is 14.8. The highest BCUT2D eigenvalue weighted by Gasteiger charge is 2.00. The molecule has 0 radical (unpaired) electrons. The van der Waals surface area contributed by atoms with Gasteiger partial charge in [0.2, 0.25) is 0 Å². The SMILES string of the molecule is CCCOc1cccc(NCCNc2cccc(OC(C)C)c2)c1. The molecule has 2 aromatic rings. The molecule has 0 aliphatic carbocycles. The molecule has 0 bridgehead atoms. The Bertz CT molecular complexity index is 614. The third kappa shape index (κ3) is 6.41. The van der Waals surface area contributed by atoms with Gasteiger partial charge in [0.15, 0.2) is 0 Å². The molecule has 4 heteroatoms. The topological polar surface area (TPSA) is 42.5 Å². The largest absolute Gasteiger partial charge is 0.494 e. The number of rotatable bonds is 10. The normalized spacial score (nSPS) is 10.5. The van der Waals surface area contributed by atoms with Crippen LogP contribution in [0.25, 0.3) is 0 Å². The van der Waals surface area contributed by atoms with E-state index in [2.05, 4.69) is 23.6 Å². The Kier molecular flexibility index (Phi) is 7.27. The molecule has 24 heavy (non-hydrogen) atoms. The van der Waals surface area contributed by atoms with Crippen LogP contribution in [0.5, 0.6) is 11.5 Å². The second-order valence-corrected chi connectivity index (χ2v) is 5.92. The molecule has 0 heterocycles. The molecule has 0 spiro atoms. The molecular weight excluding hydrogens is 300 g/mol. The van der Waals surface area contributed by atoms with E-state index in [1.165, 1.54) is 0 Å². The molecule has 0 fully saturated rings. The molecule has 0 aliphatic heterocycles. The van der Waals surface area contributed by atoms with Gasteiger partial charge in [-0.1, -0.05) is 19.1 Å². The minimum absolute atomic E-state index is 0.184. The van der Waals surface area contributed by atoms with Gasteiger partial charge in [0.25, 0.3) is 0 Å². The van der Waals surface area contributed by atoms with Crippen LogP contribution in [0.2, 0.25) is 0 Å². The molecule has 0 aliphatic rings. The predicted molar refractivity (Wildman–Crippen MR) is 101 cm³/mol. The maximum atomic E-state index is 5.71. The van der Waals surface area contributed by atoms with Gasteiger partial charge in [-0.2, -0.15) is 0 Å². The number of anilines is 2. The third-order valence-corrected chi connectivity index (χ3v) is 3.30. The lowest BCUT2D eigenvalue weighted by molar-refractivity contribution is 0.242. The van der Waals surface area contributed by atoms with Crippen LogP contribution in [0.15, 0.2) is 48.5 Å². The van der Waals surface area contributed by atoms with Gasteiger partial charge >= 0.3 is 0 Å². The Morgan fingerprint density at radius 3 is 2.04 bits per heavy atom. The van der Waals surface area contributed by atoms with Crippen molar-refractivity contribution in [3.05, 3.63) is 48.5 Å². The Morgan fingerprint density at radius 2 is 1.46 bits per heavy atom. The van der Waals surface area contributed by atoms with Crippen molar-refractivity contribution in [2.45, 2.75) is 33.3 Å². The molecule has 0 amide bonds. The number of hydrogen-bond acceptors (Lipinski definition) is 4. The van der Waals surface area contributed by atoms with Gasteiger partial charge in [-0.25, -0.2) is 0 Å². The van der Waals surface area contributed by atoms with Gasteiger partial charge in [0.05, 0.1) is 12.7 Å². The monoisotopic (exact) mass is 328 g/mol. The van der Waals surface area contributed by atoms with Gasteiger partial charge in [-0.05, 0) is 44.5 Å². The molecule has 0 aromatic heterocycles. The summed E-state index contributed by atoms with van der Waals surface area (Å²) in [5.41, 5.74) is 2.14. The summed E-state index contributed by atoms with van der Waals surface area (Å²) in [6.07, 6.45) is 1.20. The Balaban J connectivity index is 1.76. The van der Waals surface area contributed by atoms with Crippen LogP contribution in [0.4, 0.5) is 11.4 Å². The standard InChI is InChI=1S/C20H28N2O2/c1-4-13-23-19-9-5-7-17(14-19)21-11-12-22-18-8-6-10-20(15-18)24-16(2)3/h5-10,14-16,21-22H,4,11-13H2,1-3H3. The molecule has 0 atom stereocenters. The molecular formula is C20H28N2O2. The first-order valence-corrected chi connectivity index (χ1v) is 8.64. The fraction of sp³-hybridized carbons (Fsp3) is 0.400. The van der Waals surface area contributed by atoms with E-state index in [1.807, 2.05) is 56.3 Å². The van der Waals surface area contributed by atoms with Crippen LogP contribution in [0, 0.1) is 0 Å². The van der Waals surface area contributed by atoms with Gasteiger partial charge in [0.1, 0.15) is 11.5 Å². The lowest BCUT2D eigenvalue weighted by atomic mass is 10.3. The fourth-order valence-electron chi connectivity index (χ4n) is 2.28. The highest BCUT2D eigenvalue weighted by Crippen LogP contribution is 2.19. The second-order valence-electron chi connectivity index (χ2n) is 5.92.